The lowest BCUT2D eigenvalue weighted by Crippen LogP contribution is -2.28. The van der Waals surface area contributed by atoms with Crippen molar-refractivity contribution in [1.29, 1.82) is 0 Å². The predicted octanol–water partition coefficient (Wildman–Crippen LogP) is 3.55. The lowest BCUT2D eigenvalue weighted by atomic mass is 9.94. The molecule has 1 aromatic rings. The summed E-state index contributed by atoms with van der Waals surface area (Å²) in [6, 6.07) is 7.52. The third-order valence-electron chi connectivity index (χ3n) is 3.11. The van der Waals surface area contributed by atoms with Crippen molar-refractivity contribution >= 4 is 17.5 Å². The number of benzene rings is 1. The van der Waals surface area contributed by atoms with Crippen molar-refractivity contribution in [2.45, 2.75) is 31.4 Å². The van der Waals surface area contributed by atoms with Gasteiger partial charge in [0.1, 0.15) is 5.75 Å². The van der Waals surface area contributed by atoms with Crippen molar-refractivity contribution in [1.82, 2.24) is 0 Å². The van der Waals surface area contributed by atoms with E-state index >= 15 is 0 Å². The molecule has 1 fully saturated rings. The van der Waals surface area contributed by atoms with Crippen LogP contribution in [0, 0.1) is 0 Å². The van der Waals surface area contributed by atoms with Crippen molar-refractivity contribution in [2.24, 2.45) is 0 Å². The van der Waals surface area contributed by atoms with Gasteiger partial charge in [-0.2, -0.15) is 0 Å². The van der Waals surface area contributed by atoms with Crippen LogP contribution in [0.25, 0.3) is 0 Å². The Hall–Kier alpha value is -0.960. The van der Waals surface area contributed by atoms with Gasteiger partial charge in [-0.1, -0.05) is 12.1 Å². The predicted molar refractivity (Wildman–Crippen MR) is 72.0 cm³/mol. The summed E-state index contributed by atoms with van der Waals surface area (Å²) in [5.74, 6) is 2.11. The average Bonchev–Trinajstić information content (AvgIpc) is 2.77. The van der Waals surface area contributed by atoms with E-state index in [1.807, 2.05) is 31.2 Å². The molecule has 1 aromatic carbocycles. The van der Waals surface area contributed by atoms with Crippen LogP contribution in [-0.4, -0.2) is 22.9 Å². The molecule has 2 rings (SSSR count). The van der Waals surface area contributed by atoms with E-state index in [2.05, 4.69) is 6.92 Å². The van der Waals surface area contributed by atoms with Gasteiger partial charge in [0, 0.05) is 5.56 Å². The van der Waals surface area contributed by atoms with Crippen LogP contribution in [0.1, 0.15) is 37.0 Å². The molecular formula is C14H18O2S. The molecule has 1 saturated heterocycles. The maximum atomic E-state index is 12.4. The van der Waals surface area contributed by atoms with Gasteiger partial charge < -0.3 is 4.74 Å². The SMILES string of the molecule is CCOc1cccc(C(=O)C2(C)CCCS2)c1. The molecule has 0 saturated carbocycles. The molecule has 0 bridgehead atoms. The van der Waals surface area contributed by atoms with Crippen molar-refractivity contribution in [3.05, 3.63) is 29.8 Å². The first kappa shape index (κ1) is 12.5. The minimum Gasteiger partial charge on any atom is -0.494 e. The van der Waals surface area contributed by atoms with Gasteiger partial charge in [-0.3, -0.25) is 4.79 Å². The van der Waals surface area contributed by atoms with Gasteiger partial charge in [-0.15, -0.1) is 11.8 Å². The maximum absolute atomic E-state index is 12.4. The van der Waals surface area contributed by atoms with Crippen LogP contribution >= 0.6 is 11.8 Å². The lowest BCUT2D eigenvalue weighted by Gasteiger charge is -2.21. The Morgan fingerprint density at radius 2 is 2.35 bits per heavy atom. The fourth-order valence-corrected chi connectivity index (χ4v) is 3.43. The number of Topliss-reactive ketones (excluding diaryl/α,β-unsaturated/α-hetero) is 1. The molecule has 1 atom stereocenters. The summed E-state index contributed by atoms with van der Waals surface area (Å²) in [6.45, 7) is 4.63. The molecule has 1 heterocycles. The Labute approximate surface area is 107 Å². The summed E-state index contributed by atoms with van der Waals surface area (Å²) >= 11 is 1.78. The number of ether oxygens (including phenoxy) is 1. The van der Waals surface area contributed by atoms with Gasteiger partial charge in [0.05, 0.1) is 11.4 Å². The summed E-state index contributed by atoms with van der Waals surface area (Å²) in [7, 11) is 0. The third kappa shape index (κ3) is 2.65. The Bertz CT molecular complexity index is 408. The second-order valence-electron chi connectivity index (χ2n) is 4.47. The van der Waals surface area contributed by atoms with Crippen LogP contribution < -0.4 is 4.74 Å². The third-order valence-corrected chi connectivity index (χ3v) is 4.63. The molecule has 17 heavy (non-hydrogen) atoms. The van der Waals surface area contributed by atoms with E-state index < -0.39 is 0 Å². The highest BCUT2D eigenvalue weighted by Gasteiger charge is 2.37. The minimum absolute atomic E-state index is 0.231. The van der Waals surface area contributed by atoms with E-state index in [1.54, 1.807) is 11.8 Å². The monoisotopic (exact) mass is 250 g/mol. The number of rotatable bonds is 4. The first-order valence-electron chi connectivity index (χ1n) is 6.07. The van der Waals surface area contributed by atoms with Crippen molar-refractivity contribution in [3.63, 3.8) is 0 Å². The van der Waals surface area contributed by atoms with Crippen molar-refractivity contribution in [3.8, 4) is 5.75 Å². The molecule has 1 aliphatic rings. The van der Waals surface area contributed by atoms with Crippen LogP contribution in [0.15, 0.2) is 24.3 Å². The normalized spacial score (nSPS) is 23.6. The highest BCUT2D eigenvalue weighted by atomic mass is 32.2. The van der Waals surface area contributed by atoms with E-state index in [0.717, 1.165) is 29.9 Å². The highest BCUT2D eigenvalue weighted by Crippen LogP contribution is 2.40. The molecule has 0 amide bonds. The van der Waals surface area contributed by atoms with Gasteiger partial charge in [-0.25, -0.2) is 0 Å². The lowest BCUT2D eigenvalue weighted by molar-refractivity contribution is 0.0948. The standard InChI is InChI=1S/C14H18O2S/c1-3-16-12-7-4-6-11(10-12)13(15)14(2)8-5-9-17-14/h4,6-7,10H,3,5,8-9H2,1-2H3. The van der Waals surface area contributed by atoms with Gasteiger partial charge in [0.2, 0.25) is 0 Å². The van der Waals surface area contributed by atoms with E-state index in [4.69, 9.17) is 4.74 Å². The zero-order valence-corrected chi connectivity index (χ0v) is 11.2. The fourth-order valence-electron chi connectivity index (χ4n) is 2.16. The molecule has 0 aliphatic carbocycles. The van der Waals surface area contributed by atoms with Gasteiger partial charge in [0.15, 0.2) is 5.78 Å². The van der Waals surface area contributed by atoms with E-state index in [-0.39, 0.29) is 10.5 Å². The zero-order valence-electron chi connectivity index (χ0n) is 10.4. The molecule has 0 radical (unpaired) electrons. The van der Waals surface area contributed by atoms with Crippen LogP contribution in [0.2, 0.25) is 0 Å². The van der Waals surface area contributed by atoms with Crippen molar-refractivity contribution < 1.29 is 9.53 Å². The molecule has 2 nitrogen and oxygen atoms in total. The summed E-state index contributed by atoms with van der Waals surface area (Å²) < 4.78 is 5.20. The average molecular weight is 250 g/mol. The summed E-state index contributed by atoms with van der Waals surface area (Å²) in [5, 5.41) is 0. The van der Waals surface area contributed by atoms with Gasteiger partial charge >= 0.3 is 0 Å². The highest BCUT2D eigenvalue weighted by molar-refractivity contribution is 8.01. The number of carbonyl (C=O) groups excluding carboxylic acids is 1. The molecule has 3 heteroatoms. The fraction of sp³-hybridized carbons (Fsp3) is 0.500. The summed E-state index contributed by atoms with van der Waals surface area (Å²) in [6.07, 6.45) is 2.12. The van der Waals surface area contributed by atoms with Crippen LogP contribution in [0.3, 0.4) is 0 Å². The Morgan fingerprint density at radius 1 is 1.53 bits per heavy atom. The molecule has 0 aromatic heterocycles. The molecular weight excluding hydrogens is 232 g/mol. The van der Waals surface area contributed by atoms with Crippen LogP contribution in [0.4, 0.5) is 0 Å². The Morgan fingerprint density at radius 3 is 3.00 bits per heavy atom. The van der Waals surface area contributed by atoms with E-state index in [1.165, 1.54) is 0 Å². The van der Waals surface area contributed by atoms with Crippen molar-refractivity contribution in [2.75, 3.05) is 12.4 Å². The first-order chi connectivity index (χ1) is 8.15. The first-order valence-corrected chi connectivity index (χ1v) is 7.06. The van der Waals surface area contributed by atoms with Crippen LogP contribution in [-0.2, 0) is 0 Å². The minimum atomic E-state index is -0.231. The summed E-state index contributed by atoms with van der Waals surface area (Å²) in [5.41, 5.74) is 0.771. The van der Waals surface area contributed by atoms with Gasteiger partial charge in [0.25, 0.3) is 0 Å². The molecule has 1 unspecified atom stereocenters. The number of ketones is 1. The molecule has 1 aliphatic heterocycles. The molecule has 0 spiro atoms. The number of hydrogen-bond acceptors (Lipinski definition) is 3. The number of carbonyl (C=O) groups is 1. The quantitative estimate of drug-likeness (QED) is 0.764. The van der Waals surface area contributed by atoms with Gasteiger partial charge in [-0.05, 0) is 44.6 Å². The molecule has 0 N–H and O–H groups in total. The second-order valence-corrected chi connectivity index (χ2v) is 6.07. The van der Waals surface area contributed by atoms with E-state index in [9.17, 15) is 4.79 Å². The molecule has 92 valence electrons. The van der Waals surface area contributed by atoms with Crippen LogP contribution in [0.5, 0.6) is 5.75 Å². The van der Waals surface area contributed by atoms with E-state index in [0.29, 0.717) is 6.61 Å². The number of hydrogen-bond donors (Lipinski definition) is 0. The maximum Gasteiger partial charge on any atom is 0.178 e. The Balaban J connectivity index is 2.21. The zero-order chi connectivity index (χ0) is 12.3. The smallest absolute Gasteiger partial charge is 0.178 e. The second kappa shape index (κ2) is 5.13. The summed E-state index contributed by atoms with van der Waals surface area (Å²) in [4.78, 5) is 12.4. The number of thioether (sulfide) groups is 1. The Kier molecular flexibility index (Phi) is 3.77. The largest absolute Gasteiger partial charge is 0.494 e. The topological polar surface area (TPSA) is 26.3 Å².